The number of para-hydroxylation sites is 1. The maximum Gasteiger partial charge on any atom is 0.229 e. The van der Waals surface area contributed by atoms with Crippen LogP contribution < -0.4 is 10.2 Å². The van der Waals surface area contributed by atoms with Crippen LogP contribution in [0.15, 0.2) is 42.5 Å². The van der Waals surface area contributed by atoms with Gasteiger partial charge in [-0.05, 0) is 36.2 Å². The van der Waals surface area contributed by atoms with Crippen LogP contribution in [0.1, 0.15) is 23.6 Å². The van der Waals surface area contributed by atoms with Crippen LogP contribution in [0.25, 0.3) is 0 Å². The number of benzene rings is 2. The van der Waals surface area contributed by atoms with Crippen molar-refractivity contribution >= 4 is 17.3 Å². The van der Waals surface area contributed by atoms with E-state index in [2.05, 4.69) is 5.32 Å². The third-order valence-electron chi connectivity index (χ3n) is 3.94. The van der Waals surface area contributed by atoms with Gasteiger partial charge >= 0.3 is 0 Å². The van der Waals surface area contributed by atoms with Gasteiger partial charge in [-0.25, -0.2) is 4.39 Å². The molecule has 1 amide bonds. The van der Waals surface area contributed by atoms with Gasteiger partial charge in [0, 0.05) is 18.4 Å². The Morgan fingerprint density at radius 2 is 2.00 bits per heavy atom. The molecule has 3 nitrogen and oxygen atoms in total. The first-order chi connectivity index (χ1) is 10.1. The van der Waals surface area contributed by atoms with Crippen LogP contribution >= 0.6 is 0 Å². The maximum atomic E-state index is 13.7. The van der Waals surface area contributed by atoms with Crippen molar-refractivity contribution < 1.29 is 9.18 Å². The molecule has 0 radical (unpaired) electrons. The minimum Gasteiger partial charge on any atom is -0.378 e. The summed E-state index contributed by atoms with van der Waals surface area (Å²) < 4.78 is 13.7. The van der Waals surface area contributed by atoms with Crippen LogP contribution in [0, 0.1) is 12.7 Å². The zero-order valence-electron chi connectivity index (χ0n) is 12.1. The molecule has 1 N–H and O–H groups in total. The number of aryl methyl sites for hydroxylation is 1. The van der Waals surface area contributed by atoms with Crippen molar-refractivity contribution in [2.75, 3.05) is 17.3 Å². The van der Waals surface area contributed by atoms with Gasteiger partial charge < -0.3 is 10.2 Å². The number of amides is 1. The molecule has 1 aliphatic rings. The largest absolute Gasteiger partial charge is 0.378 e. The zero-order valence-corrected chi connectivity index (χ0v) is 12.1. The summed E-state index contributed by atoms with van der Waals surface area (Å²) in [6.45, 7) is 1.73. The van der Waals surface area contributed by atoms with Crippen LogP contribution in [-0.2, 0) is 4.79 Å². The predicted molar refractivity (Wildman–Crippen MR) is 82.0 cm³/mol. The van der Waals surface area contributed by atoms with Crippen LogP contribution in [-0.4, -0.2) is 13.0 Å². The van der Waals surface area contributed by atoms with Crippen molar-refractivity contribution in [3.05, 3.63) is 59.4 Å². The van der Waals surface area contributed by atoms with Gasteiger partial charge in [0.25, 0.3) is 0 Å². The number of halogens is 1. The first-order valence-corrected chi connectivity index (χ1v) is 6.94. The van der Waals surface area contributed by atoms with E-state index in [4.69, 9.17) is 0 Å². The highest BCUT2D eigenvalue weighted by molar-refractivity contribution is 5.97. The number of fused-ring (bicyclic) bond motifs is 1. The van der Waals surface area contributed by atoms with Gasteiger partial charge in [-0.2, -0.15) is 0 Å². The molecular formula is C17H17FN2O. The number of anilines is 2. The molecule has 21 heavy (non-hydrogen) atoms. The van der Waals surface area contributed by atoms with E-state index in [0.717, 1.165) is 11.3 Å². The van der Waals surface area contributed by atoms with Crippen LogP contribution in [0.5, 0.6) is 0 Å². The Balaban J connectivity index is 1.93. The number of carbonyl (C=O) groups is 1. The second-order valence-electron chi connectivity index (χ2n) is 5.38. The van der Waals surface area contributed by atoms with Crippen molar-refractivity contribution in [3.8, 4) is 0 Å². The first kappa shape index (κ1) is 13.6. The Bertz CT molecular complexity index is 699. The molecule has 1 heterocycles. The lowest BCUT2D eigenvalue weighted by Crippen LogP contribution is -2.35. The zero-order chi connectivity index (χ0) is 15.0. The van der Waals surface area contributed by atoms with Crippen molar-refractivity contribution in [1.29, 1.82) is 0 Å². The van der Waals surface area contributed by atoms with Gasteiger partial charge in [0.15, 0.2) is 0 Å². The van der Waals surface area contributed by atoms with Crippen molar-refractivity contribution in [2.45, 2.75) is 19.4 Å². The SMILES string of the molecule is Cc1ccc(NC2CC(=O)N(C)c3ccccc32)cc1F. The Morgan fingerprint density at radius 3 is 2.76 bits per heavy atom. The Kier molecular flexibility index (Phi) is 3.37. The van der Waals surface area contributed by atoms with E-state index in [-0.39, 0.29) is 17.8 Å². The molecule has 1 atom stereocenters. The van der Waals surface area contributed by atoms with E-state index in [9.17, 15) is 9.18 Å². The minimum absolute atomic E-state index is 0.0544. The van der Waals surface area contributed by atoms with Crippen LogP contribution in [0.4, 0.5) is 15.8 Å². The molecule has 2 aromatic rings. The highest BCUT2D eigenvalue weighted by Crippen LogP contribution is 2.35. The fraction of sp³-hybridized carbons (Fsp3) is 0.235. The summed E-state index contributed by atoms with van der Waals surface area (Å²) in [6, 6.07) is 12.7. The van der Waals surface area contributed by atoms with E-state index in [1.54, 1.807) is 24.9 Å². The molecule has 0 bridgehead atoms. The standard InChI is InChI=1S/C17H17FN2O/c1-11-7-8-12(9-14(11)18)19-15-10-17(21)20(2)16-6-4-3-5-13(15)16/h3-9,15,19H,10H2,1-2H3. The molecule has 0 aromatic heterocycles. The molecule has 0 spiro atoms. The first-order valence-electron chi connectivity index (χ1n) is 6.94. The monoisotopic (exact) mass is 284 g/mol. The quantitative estimate of drug-likeness (QED) is 0.913. The lowest BCUT2D eigenvalue weighted by atomic mass is 9.96. The number of hydrogen-bond donors (Lipinski definition) is 1. The summed E-state index contributed by atoms with van der Waals surface area (Å²) in [7, 11) is 1.78. The average Bonchev–Trinajstić information content (AvgIpc) is 2.48. The van der Waals surface area contributed by atoms with Gasteiger partial charge in [-0.1, -0.05) is 24.3 Å². The van der Waals surface area contributed by atoms with E-state index in [1.165, 1.54) is 6.07 Å². The Hall–Kier alpha value is -2.36. The van der Waals surface area contributed by atoms with Crippen LogP contribution in [0.2, 0.25) is 0 Å². The highest BCUT2D eigenvalue weighted by Gasteiger charge is 2.28. The molecule has 0 aliphatic carbocycles. The van der Waals surface area contributed by atoms with E-state index in [1.807, 2.05) is 30.3 Å². The highest BCUT2D eigenvalue weighted by atomic mass is 19.1. The predicted octanol–water partition coefficient (Wildman–Crippen LogP) is 3.65. The summed E-state index contributed by atoms with van der Waals surface area (Å²) in [4.78, 5) is 13.8. The number of nitrogens with zero attached hydrogens (tertiary/aromatic N) is 1. The van der Waals surface area contributed by atoms with Crippen molar-refractivity contribution in [1.82, 2.24) is 0 Å². The van der Waals surface area contributed by atoms with Gasteiger partial charge in [-0.3, -0.25) is 4.79 Å². The molecular weight excluding hydrogens is 267 g/mol. The Labute approximate surface area is 123 Å². The fourth-order valence-corrected chi connectivity index (χ4v) is 2.66. The smallest absolute Gasteiger partial charge is 0.229 e. The van der Waals surface area contributed by atoms with Gasteiger partial charge in [-0.15, -0.1) is 0 Å². The normalized spacial score (nSPS) is 17.6. The number of hydrogen-bond acceptors (Lipinski definition) is 2. The van der Waals surface area contributed by atoms with Gasteiger partial charge in [0.1, 0.15) is 5.82 Å². The molecule has 3 rings (SSSR count). The molecule has 0 fully saturated rings. The third-order valence-corrected chi connectivity index (χ3v) is 3.94. The molecule has 108 valence electrons. The van der Waals surface area contributed by atoms with Crippen molar-refractivity contribution in [3.63, 3.8) is 0 Å². The second kappa shape index (κ2) is 5.20. The van der Waals surface area contributed by atoms with E-state index < -0.39 is 0 Å². The van der Waals surface area contributed by atoms with E-state index in [0.29, 0.717) is 17.7 Å². The maximum absolute atomic E-state index is 13.7. The summed E-state index contributed by atoms with van der Waals surface area (Å²) >= 11 is 0. The molecule has 2 aromatic carbocycles. The summed E-state index contributed by atoms with van der Waals surface area (Å²) in [6.07, 6.45) is 0.364. The summed E-state index contributed by atoms with van der Waals surface area (Å²) in [5, 5.41) is 3.27. The van der Waals surface area contributed by atoms with Crippen molar-refractivity contribution in [2.24, 2.45) is 0 Å². The third kappa shape index (κ3) is 2.49. The molecule has 0 saturated heterocycles. The van der Waals surface area contributed by atoms with Gasteiger partial charge in [0.2, 0.25) is 5.91 Å². The Morgan fingerprint density at radius 1 is 1.24 bits per heavy atom. The average molecular weight is 284 g/mol. The van der Waals surface area contributed by atoms with E-state index >= 15 is 0 Å². The van der Waals surface area contributed by atoms with Gasteiger partial charge in [0.05, 0.1) is 12.5 Å². The number of rotatable bonds is 2. The molecule has 1 aliphatic heterocycles. The molecule has 4 heteroatoms. The van der Waals surface area contributed by atoms with Crippen LogP contribution in [0.3, 0.4) is 0 Å². The lowest BCUT2D eigenvalue weighted by molar-refractivity contribution is -0.118. The number of carbonyl (C=O) groups excluding carboxylic acids is 1. The lowest BCUT2D eigenvalue weighted by Gasteiger charge is -2.32. The topological polar surface area (TPSA) is 32.3 Å². The molecule has 0 saturated carbocycles. The number of nitrogens with one attached hydrogen (secondary N) is 1. The second-order valence-corrected chi connectivity index (χ2v) is 5.38. The summed E-state index contributed by atoms with van der Waals surface area (Å²) in [5.41, 5.74) is 3.26. The fourth-order valence-electron chi connectivity index (χ4n) is 2.66. The molecule has 1 unspecified atom stereocenters. The minimum atomic E-state index is -0.243. The summed E-state index contributed by atoms with van der Waals surface area (Å²) in [5.74, 6) is -0.189.